The van der Waals surface area contributed by atoms with Crippen LogP contribution >= 0.6 is 0 Å². The fourth-order valence-electron chi connectivity index (χ4n) is 2.58. The summed E-state index contributed by atoms with van der Waals surface area (Å²) in [5, 5.41) is 0. The number of primary amides is 1. The van der Waals surface area contributed by atoms with Crippen molar-refractivity contribution in [3.63, 3.8) is 0 Å². The Morgan fingerprint density at radius 3 is 2.35 bits per heavy atom. The van der Waals surface area contributed by atoms with Crippen LogP contribution in [0.2, 0.25) is 0 Å². The van der Waals surface area contributed by atoms with Crippen molar-refractivity contribution in [2.24, 2.45) is 5.73 Å². The largest absolute Gasteiger partial charge is 0.410 e. The third-order valence-corrected chi connectivity index (χ3v) is 3.62. The Bertz CT molecular complexity index is 515. The molecule has 1 aliphatic rings. The maximum Gasteiger partial charge on any atom is 0.410 e. The van der Waals surface area contributed by atoms with E-state index in [-0.39, 0.29) is 5.41 Å². The van der Waals surface area contributed by atoms with Crippen LogP contribution in [0, 0.1) is 0 Å². The van der Waals surface area contributed by atoms with Gasteiger partial charge in [0.05, 0.1) is 5.69 Å². The highest BCUT2D eigenvalue weighted by atomic mass is 16.5. The minimum atomic E-state index is -0.838. The van der Waals surface area contributed by atoms with E-state index < -0.39 is 6.09 Å². The molecule has 5 nitrogen and oxygen atoms in total. The van der Waals surface area contributed by atoms with Crippen LogP contribution < -0.4 is 21.1 Å². The minimum absolute atomic E-state index is 0.129. The first kappa shape index (κ1) is 14.5. The van der Waals surface area contributed by atoms with Gasteiger partial charge < -0.3 is 21.1 Å². The second-order valence-corrected chi connectivity index (χ2v) is 6.27. The van der Waals surface area contributed by atoms with Crippen LogP contribution in [0.3, 0.4) is 0 Å². The average Bonchev–Trinajstić information content (AvgIpc) is 2.83. The number of benzene rings is 1. The molecule has 4 N–H and O–H groups in total. The van der Waals surface area contributed by atoms with Crippen molar-refractivity contribution >= 4 is 17.5 Å². The van der Waals surface area contributed by atoms with E-state index in [1.165, 1.54) is 12.8 Å². The van der Waals surface area contributed by atoms with E-state index in [4.69, 9.17) is 16.2 Å². The maximum absolute atomic E-state index is 11.0. The third kappa shape index (κ3) is 2.98. The van der Waals surface area contributed by atoms with Crippen LogP contribution in [0.25, 0.3) is 0 Å². The Labute approximate surface area is 119 Å². The Kier molecular flexibility index (Phi) is 3.79. The van der Waals surface area contributed by atoms with Gasteiger partial charge in [-0.15, -0.1) is 0 Å². The number of hydrogen-bond donors (Lipinski definition) is 2. The van der Waals surface area contributed by atoms with E-state index in [1.807, 2.05) is 0 Å². The topological polar surface area (TPSA) is 81.6 Å². The predicted molar refractivity (Wildman–Crippen MR) is 81.2 cm³/mol. The minimum Gasteiger partial charge on any atom is -0.408 e. The molecule has 0 bridgehead atoms. The molecule has 0 radical (unpaired) electrons. The van der Waals surface area contributed by atoms with Gasteiger partial charge in [-0.25, -0.2) is 4.79 Å². The van der Waals surface area contributed by atoms with Crippen LogP contribution in [0.15, 0.2) is 12.1 Å². The summed E-state index contributed by atoms with van der Waals surface area (Å²) < 4.78 is 5.07. The molecule has 0 atom stereocenters. The van der Waals surface area contributed by atoms with Gasteiger partial charge in [-0.3, -0.25) is 0 Å². The summed E-state index contributed by atoms with van der Waals surface area (Å²) in [6.07, 6.45) is 1.53. The molecule has 110 valence electrons. The van der Waals surface area contributed by atoms with Gasteiger partial charge in [0.1, 0.15) is 0 Å². The lowest BCUT2D eigenvalue weighted by Crippen LogP contribution is -2.23. The molecule has 1 aliphatic heterocycles. The van der Waals surface area contributed by atoms with Crippen molar-refractivity contribution in [2.45, 2.75) is 39.0 Å². The number of nitrogens with zero attached hydrogens (tertiary/aromatic N) is 1. The lowest BCUT2D eigenvalue weighted by Gasteiger charge is -2.26. The Morgan fingerprint density at radius 1 is 1.25 bits per heavy atom. The van der Waals surface area contributed by atoms with Crippen molar-refractivity contribution in [2.75, 3.05) is 23.7 Å². The molecule has 1 aromatic carbocycles. The molecule has 0 saturated carbocycles. The quantitative estimate of drug-likeness (QED) is 0.814. The fourth-order valence-corrected chi connectivity index (χ4v) is 2.58. The number of nitrogens with two attached hydrogens (primary N) is 2. The van der Waals surface area contributed by atoms with Crippen molar-refractivity contribution in [3.8, 4) is 5.75 Å². The highest BCUT2D eigenvalue weighted by molar-refractivity contribution is 5.75. The number of ether oxygens (including phenoxy) is 1. The molecule has 20 heavy (non-hydrogen) atoms. The third-order valence-electron chi connectivity index (χ3n) is 3.62. The molecule has 1 fully saturated rings. The van der Waals surface area contributed by atoms with Crippen molar-refractivity contribution in [1.82, 2.24) is 0 Å². The molecule has 1 saturated heterocycles. The fraction of sp³-hybridized carbons (Fsp3) is 0.533. The first-order valence-electron chi connectivity index (χ1n) is 6.95. The van der Waals surface area contributed by atoms with Gasteiger partial charge in [0, 0.05) is 24.8 Å². The van der Waals surface area contributed by atoms with Gasteiger partial charge in [0.2, 0.25) is 0 Å². The van der Waals surface area contributed by atoms with Gasteiger partial charge in [0.25, 0.3) is 0 Å². The molecule has 1 aromatic rings. The summed E-state index contributed by atoms with van der Waals surface area (Å²) in [7, 11) is 0. The van der Waals surface area contributed by atoms with Gasteiger partial charge in [0.15, 0.2) is 5.75 Å². The van der Waals surface area contributed by atoms with Crippen molar-refractivity contribution < 1.29 is 9.53 Å². The summed E-state index contributed by atoms with van der Waals surface area (Å²) in [5.74, 6) is 0.354. The summed E-state index contributed by atoms with van der Waals surface area (Å²) in [6, 6.07) is 3.90. The molecular weight excluding hydrogens is 254 g/mol. The van der Waals surface area contributed by atoms with Gasteiger partial charge in [-0.1, -0.05) is 20.8 Å². The standard InChI is InChI=1S/C15H23N3O2/c1-15(2,3)11-8-10(18-6-4-5-7-18)9-12(13(11)16)20-14(17)19/h8-9H,4-7,16H2,1-3H3,(H2,17,19). The molecule has 1 heterocycles. The van der Waals surface area contributed by atoms with Crippen LogP contribution in [0.1, 0.15) is 39.2 Å². The highest BCUT2D eigenvalue weighted by Crippen LogP contribution is 2.39. The number of amides is 1. The van der Waals surface area contributed by atoms with Crippen LogP contribution in [-0.4, -0.2) is 19.2 Å². The SMILES string of the molecule is CC(C)(C)c1cc(N2CCCC2)cc(OC(N)=O)c1N. The number of anilines is 2. The summed E-state index contributed by atoms with van der Waals surface area (Å²) >= 11 is 0. The Hall–Kier alpha value is -1.91. The smallest absolute Gasteiger partial charge is 0.408 e. The van der Waals surface area contributed by atoms with Crippen molar-refractivity contribution in [1.29, 1.82) is 0 Å². The monoisotopic (exact) mass is 277 g/mol. The second-order valence-electron chi connectivity index (χ2n) is 6.27. The number of hydrogen-bond acceptors (Lipinski definition) is 4. The molecular formula is C15H23N3O2. The number of rotatable bonds is 2. The van der Waals surface area contributed by atoms with Crippen LogP contribution in [0.4, 0.5) is 16.2 Å². The lowest BCUT2D eigenvalue weighted by atomic mass is 9.85. The van der Waals surface area contributed by atoms with E-state index in [2.05, 4.69) is 31.7 Å². The predicted octanol–water partition coefficient (Wildman–Crippen LogP) is 2.62. The van der Waals surface area contributed by atoms with Gasteiger partial charge >= 0.3 is 6.09 Å². The Morgan fingerprint density at radius 2 is 1.85 bits per heavy atom. The van der Waals surface area contributed by atoms with Crippen molar-refractivity contribution in [3.05, 3.63) is 17.7 Å². The van der Waals surface area contributed by atoms with E-state index in [1.54, 1.807) is 6.07 Å². The number of nitrogen functional groups attached to an aromatic ring is 1. The van der Waals surface area contributed by atoms with E-state index in [9.17, 15) is 4.79 Å². The zero-order valence-electron chi connectivity index (χ0n) is 12.4. The average molecular weight is 277 g/mol. The molecule has 5 heteroatoms. The van der Waals surface area contributed by atoms with Crippen LogP contribution in [-0.2, 0) is 5.41 Å². The zero-order valence-corrected chi connectivity index (χ0v) is 12.4. The highest BCUT2D eigenvalue weighted by Gasteiger charge is 2.24. The normalized spacial score (nSPS) is 15.4. The maximum atomic E-state index is 11.0. The molecule has 0 aromatic heterocycles. The number of carbonyl (C=O) groups is 1. The number of carbonyl (C=O) groups excluding carboxylic acids is 1. The zero-order chi connectivity index (χ0) is 14.9. The second kappa shape index (κ2) is 5.23. The molecule has 0 spiro atoms. The summed E-state index contributed by atoms with van der Waals surface area (Å²) in [4.78, 5) is 13.3. The molecule has 0 unspecified atom stereocenters. The summed E-state index contributed by atoms with van der Waals surface area (Å²) in [6.45, 7) is 8.29. The van der Waals surface area contributed by atoms with E-state index >= 15 is 0 Å². The first-order chi connectivity index (χ1) is 9.29. The Balaban J connectivity index is 2.50. The van der Waals surface area contributed by atoms with E-state index in [0.29, 0.717) is 11.4 Å². The van der Waals surface area contributed by atoms with Crippen LogP contribution in [0.5, 0.6) is 5.75 Å². The first-order valence-corrected chi connectivity index (χ1v) is 6.95. The van der Waals surface area contributed by atoms with Gasteiger partial charge in [-0.2, -0.15) is 0 Å². The van der Waals surface area contributed by atoms with E-state index in [0.717, 1.165) is 24.3 Å². The molecule has 1 amide bonds. The summed E-state index contributed by atoms with van der Waals surface area (Å²) in [5.41, 5.74) is 13.6. The van der Waals surface area contributed by atoms with Gasteiger partial charge in [-0.05, 0) is 29.9 Å². The molecule has 2 rings (SSSR count). The molecule has 0 aliphatic carbocycles. The lowest BCUT2D eigenvalue weighted by molar-refractivity contribution is 0.211.